The van der Waals surface area contributed by atoms with Gasteiger partial charge in [-0.15, -0.1) is 0 Å². The zero-order chi connectivity index (χ0) is 22.8. The predicted octanol–water partition coefficient (Wildman–Crippen LogP) is 3.92. The first-order valence-corrected chi connectivity index (χ1v) is 11.4. The van der Waals surface area contributed by atoms with Gasteiger partial charge in [-0.2, -0.15) is 0 Å². The molecule has 2 aromatic rings. The Bertz CT molecular complexity index is 1000. The second kappa shape index (κ2) is 9.51. The molecular formula is C26H35N3O3. The summed E-state index contributed by atoms with van der Waals surface area (Å²) in [6.45, 7) is 6.95. The van der Waals surface area contributed by atoms with Crippen LogP contribution in [0.15, 0.2) is 24.3 Å². The highest BCUT2D eigenvalue weighted by atomic mass is 16.5. The molecule has 6 heteroatoms. The van der Waals surface area contributed by atoms with Crippen LogP contribution in [0.5, 0.6) is 11.5 Å². The van der Waals surface area contributed by atoms with Crippen molar-refractivity contribution in [3.05, 3.63) is 57.6 Å². The minimum absolute atomic E-state index is 0.232. The van der Waals surface area contributed by atoms with Crippen molar-refractivity contribution in [1.82, 2.24) is 14.7 Å². The van der Waals surface area contributed by atoms with E-state index in [4.69, 9.17) is 9.47 Å². The van der Waals surface area contributed by atoms with Crippen molar-refractivity contribution in [2.75, 3.05) is 28.3 Å². The summed E-state index contributed by atoms with van der Waals surface area (Å²) in [5.74, 6) is 2.08. The molecule has 0 aliphatic carbocycles. The number of hydrogen-bond acceptors (Lipinski definition) is 5. The molecular weight excluding hydrogens is 402 g/mol. The Morgan fingerprint density at radius 2 is 1.34 bits per heavy atom. The Balaban J connectivity index is 1.50. The summed E-state index contributed by atoms with van der Waals surface area (Å²) in [7, 11) is 7.75. The molecule has 0 unspecified atom stereocenters. The van der Waals surface area contributed by atoms with Gasteiger partial charge >= 0.3 is 0 Å². The van der Waals surface area contributed by atoms with E-state index in [1.165, 1.54) is 27.8 Å². The number of benzene rings is 2. The van der Waals surface area contributed by atoms with E-state index in [1.807, 2.05) is 11.8 Å². The highest BCUT2D eigenvalue weighted by Crippen LogP contribution is 2.33. The van der Waals surface area contributed by atoms with Gasteiger partial charge in [-0.1, -0.05) is 6.92 Å². The van der Waals surface area contributed by atoms with Crippen LogP contribution in [0.1, 0.15) is 53.1 Å². The van der Waals surface area contributed by atoms with Crippen molar-refractivity contribution < 1.29 is 14.3 Å². The number of amides is 1. The fourth-order valence-electron chi connectivity index (χ4n) is 4.94. The third kappa shape index (κ3) is 4.62. The molecule has 0 spiro atoms. The van der Waals surface area contributed by atoms with Crippen molar-refractivity contribution in [3.8, 4) is 11.5 Å². The van der Waals surface area contributed by atoms with Crippen LogP contribution in [0.25, 0.3) is 0 Å². The molecule has 172 valence electrons. The third-order valence-electron chi connectivity index (χ3n) is 6.51. The van der Waals surface area contributed by atoms with Gasteiger partial charge in [-0.3, -0.25) is 14.6 Å². The van der Waals surface area contributed by atoms with Gasteiger partial charge in [0.1, 0.15) is 11.5 Å². The molecule has 2 aromatic carbocycles. The Morgan fingerprint density at radius 3 is 1.84 bits per heavy atom. The fourth-order valence-corrected chi connectivity index (χ4v) is 4.94. The van der Waals surface area contributed by atoms with Crippen LogP contribution < -0.4 is 9.47 Å². The number of carbonyl (C=O) groups is 1. The van der Waals surface area contributed by atoms with Gasteiger partial charge in [0.15, 0.2) is 0 Å². The first-order chi connectivity index (χ1) is 15.4. The largest absolute Gasteiger partial charge is 0.496 e. The van der Waals surface area contributed by atoms with Crippen LogP contribution in [0.2, 0.25) is 0 Å². The standard InChI is InChI=1S/C26H35N3O3/c1-6-7-26(30)29-16-19-9-23(25(32-5)11-21(19)17-29)15-28(3)14-22-8-18-12-27(2)13-20(18)10-24(22)31-4/h8-11H,6-7,12-17H2,1-5H3. The number of hydrogen-bond donors (Lipinski definition) is 0. The topological polar surface area (TPSA) is 45.2 Å². The molecule has 0 fully saturated rings. The van der Waals surface area contributed by atoms with Crippen LogP contribution >= 0.6 is 0 Å². The minimum Gasteiger partial charge on any atom is -0.496 e. The van der Waals surface area contributed by atoms with Gasteiger partial charge in [-0.25, -0.2) is 0 Å². The monoisotopic (exact) mass is 437 g/mol. The smallest absolute Gasteiger partial charge is 0.223 e. The second-order valence-corrected chi connectivity index (χ2v) is 9.21. The molecule has 1 amide bonds. The summed E-state index contributed by atoms with van der Waals surface area (Å²) in [4.78, 5) is 18.9. The van der Waals surface area contributed by atoms with Gasteiger partial charge < -0.3 is 14.4 Å². The highest BCUT2D eigenvalue weighted by Gasteiger charge is 2.25. The maximum Gasteiger partial charge on any atom is 0.223 e. The molecule has 6 nitrogen and oxygen atoms in total. The van der Waals surface area contributed by atoms with Gasteiger partial charge in [0.2, 0.25) is 5.91 Å². The maximum atomic E-state index is 12.4. The molecule has 2 aliphatic rings. The van der Waals surface area contributed by atoms with Gasteiger partial charge in [-0.05, 0) is 67.0 Å². The summed E-state index contributed by atoms with van der Waals surface area (Å²) < 4.78 is 11.4. The SMILES string of the molecule is CCCC(=O)N1Cc2cc(CN(C)Cc3cc4c(cc3OC)CN(C)C4)c(OC)cc2C1. The van der Waals surface area contributed by atoms with Crippen molar-refractivity contribution in [3.63, 3.8) is 0 Å². The number of fused-ring (bicyclic) bond motifs is 2. The van der Waals surface area contributed by atoms with E-state index in [9.17, 15) is 4.79 Å². The molecule has 2 heterocycles. The van der Waals surface area contributed by atoms with E-state index in [0.29, 0.717) is 19.5 Å². The molecule has 0 saturated heterocycles. The molecule has 0 bridgehead atoms. The molecule has 0 radical (unpaired) electrons. The first kappa shape index (κ1) is 22.6. The molecule has 2 aliphatic heterocycles. The Labute approximate surface area is 191 Å². The maximum absolute atomic E-state index is 12.4. The van der Waals surface area contributed by atoms with Crippen LogP contribution in [-0.4, -0.2) is 48.9 Å². The number of ether oxygens (including phenoxy) is 2. The lowest BCUT2D eigenvalue weighted by Gasteiger charge is -2.21. The molecule has 0 atom stereocenters. The van der Waals surface area contributed by atoms with Crippen molar-refractivity contribution in [2.45, 2.75) is 59.0 Å². The average Bonchev–Trinajstić information content (AvgIpc) is 3.34. The number of rotatable bonds is 8. The molecule has 32 heavy (non-hydrogen) atoms. The van der Waals surface area contributed by atoms with E-state index in [0.717, 1.165) is 49.7 Å². The van der Waals surface area contributed by atoms with E-state index in [2.05, 4.69) is 48.2 Å². The van der Waals surface area contributed by atoms with E-state index in [1.54, 1.807) is 14.2 Å². The number of methoxy groups -OCH3 is 2. The normalized spacial score (nSPS) is 15.2. The van der Waals surface area contributed by atoms with Crippen LogP contribution in [0.4, 0.5) is 0 Å². The minimum atomic E-state index is 0.232. The van der Waals surface area contributed by atoms with E-state index >= 15 is 0 Å². The quantitative estimate of drug-likeness (QED) is 0.626. The Morgan fingerprint density at radius 1 is 0.875 bits per heavy atom. The Kier molecular flexibility index (Phi) is 6.72. The zero-order valence-corrected chi connectivity index (χ0v) is 20.0. The molecule has 0 N–H and O–H groups in total. The highest BCUT2D eigenvalue weighted by molar-refractivity contribution is 5.77. The summed E-state index contributed by atoms with van der Waals surface area (Å²) >= 11 is 0. The van der Waals surface area contributed by atoms with Crippen LogP contribution in [-0.2, 0) is 44.1 Å². The lowest BCUT2D eigenvalue weighted by Crippen LogP contribution is -2.24. The molecule has 0 aromatic heterocycles. The summed E-state index contributed by atoms with van der Waals surface area (Å²) in [5, 5.41) is 0. The van der Waals surface area contributed by atoms with Crippen molar-refractivity contribution in [2.24, 2.45) is 0 Å². The molecule has 0 saturated carbocycles. The van der Waals surface area contributed by atoms with Gasteiger partial charge in [0, 0.05) is 56.8 Å². The van der Waals surface area contributed by atoms with Crippen LogP contribution in [0, 0.1) is 0 Å². The number of carbonyl (C=O) groups excluding carboxylic acids is 1. The summed E-state index contributed by atoms with van der Waals surface area (Å²) in [6, 6.07) is 8.83. The van der Waals surface area contributed by atoms with E-state index in [-0.39, 0.29) is 5.91 Å². The summed E-state index contributed by atoms with van der Waals surface area (Å²) in [6.07, 6.45) is 1.49. The molecule has 4 rings (SSSR count). The predicted molar refractivity (Wildman–Crippen MR) is 125 cm³/mol. The lowest BCUT2D eigenvalue weighted by atomic mass is 10.0. The van der Waals surface area contributed by atoms with Gasteiger partial charge in [0.05, 0.1) is 14.2 Å². The summed E-state index contributed by atoms with van der Waals surface area (Å²) in [5.41, 5.74) is 7.54. The average molecular weight is 438 g/mol. The second-order valence-electron chi connectivity index (χ2n) is 9.21. The Hall–Kier alpha value is -2.57. The van der Waals surface area contributed by atoms with E-state index < -0.39 is 0 Å². The number of nitrogens with zero attached hydrogens (tertiary/aromatic N) is 3. The van der Waals surface area contributed by atoms with Crippen molar-refractivity contribution in [1.29, 1.82) is 0 Å². The van der Waals surface area contributed by atoms with Gasteiger partial charge in [0.25, 0.3) is 0 Å². The zero-order valence-electron chi connectivity index (χ0n) is 20.0. The lowest BCUT2D eigenvalue weighted by molar-refractivity contribution is -0.131. The first-order valence-electron chi connectivity index (χ1n) is 11.4. The fraction of sp³-hybridized carbons (Fsp3) is 0.500. The van der Waals surface area contributed by atoms with Crippen molar-refractivity contribution >= 4 is 5.91 Å². The third-order valence-corrected chi connectivity index (χ3v) is 6.51. The van der Waals surface area contributed by atoms with Crippen LogP contribution in [0.3, 0.4) is 0 Å².